The maximum Gasteiger partial charge on any atom is 0.573 e. The lowest BCUT2D eigenvalue weighted by atomic mass is 9.91. The molecule has 1 heterocycles. The summed E-state index contributed by atoms with van der Waals surface area (Å²) >= 11 is 0. The van der Waals surface area contributed by atoms with Gasteiger partial charge in [0.25, 0.3) is 0 Å². The third kappa shape index (κ3) is 4.82. The van der Waals surface area contributed by atoms with Crippen LogP contribution in [0.1, 0.15) is 50.2 Å². The van der Waals surface area contributed by atoms with Gasteiger partial charge in [0.15, 0.2) is 5.82 Å². The molecule has 1 fully saturated rings. The molecule has 0 amide bonds. The van der Waals surface area contributed by atoms with Crippen LogP contribution in [0.5, 0.6) is 5.75 Å². The van der Waals surface area contributed by atoms with Gasteiger partial charge in [0, 0.05) is 6.92 Å². The number of hydrogen-bond donors (Lipinski definition) is 1. The molecule has 2 aromatic rings. The molecule has 1 aliphatic rings. The summed E-state index contributed by atoms with van der Waals surface area (Å²) in [5.74, 6) is 0.100. The number of aryl methyl sites for hydroxylation is 1. The van der Waals surface area contributed by atoms with E-state index in [0.717, 1.165) is 49.9 Å². The minimum absolute atomic E-state index is 0.175. The minimum atomic E-state index is -4.85. The van der Waals surface area contributed by atoms with Crippen LogP contribution in [0, 0.1) is 6.92 Å². The van der Waals surface area contributed by atoms with Crippen LogP contribution in [0.4, 0.5) is 13.2 Å². The Morgan fingerprint density at radius 3 is 2.21 bits per heavy atom. The summed E-state index contributed by atoms with van der Waals surface area (Å²) in [6.07, 6.45) is -0.350. The molecule has 7 nitrogen and oxygen atoms in total. The third-order valence-electron chi connectivity index (χ3n) is 4.61. The Labute approximate surface area is 160 Å². The molecule has 154 valence electrons. The largest absolute Gasteiger partial charge is 0.573 e. The van der Waals surface area contributed by atoms with Gasteiger partial charge in [-0.1, -0.05) is 30.8 Å². The first-order valence-electron chi connectivity index (χ1n) is 8.80. The van der Waals surface area contributed by atoms with Gasteiger partial charge in [0.05, 0.1) is 10.4 Å². The fourth-order valence-corrected chi connectivity index (χ4v) is 4.76. The predicted molar refractivity (Wildman–Crippen MR) is 91.9 cm³/mol. The maximum atomic E-state index is 12.9. The Morgan fingerprint density at radius 2 is 1.71 bits per heavy atom. The highest BCUT2D eigenvalue weighted by Crippen LogP contribution is 2.36. The van der Waals surface area contributed by atoms with Gasteiger partial charge in [0.2, 0.25) is 15.9 Å². The van der Waals surface area contributed by atoms with E-state index in [1.54, 1.807) is 6.92 Å². The Morgan fingerprint density at radius 1 is 1.11 bits per heavy atom. The minimum Gasteiger partial charge on any atom is -0.406 e. The van der Waals surface area contributed by atoms with Crippen molar-refractivity contribution >= 4 is 10.0 Å². The molecule has 28 heavy (non-hydrogen) atoms. The number of nitrogens with zero attached hydrogens (tertiary/aromatic N) is 2. The van der Waals surface area contributed by atoms with Crippen LogP contribution in [-0.2, 0) is 15.6 Å². The summed E-state index contributed by atoms with van der Waals surface area (Å²) in [4.78, 5) is 4.06. The van der Waals surface area contributed by atoms with Crippen molar-refractivity contribution in [3.8, 4) is 5.75 Å². The quantitative estimate of drug-likeness (QED) is 0.741. The molecule has 1 aliphatic carbocycles. The van der Waals surface area contributed by atoms with E-state index in [1.807, 2.05) is 0 Å². The molecule has 0 saturated heterocycles. The zero-order valence-corrected chi connectivity index (χ0v) is 15.9. The first-order chi connectivity index (χ1) is 13.1. The molecule has 0 atom stereocenters. The molecule has 0 spiro atoms. The molecule has 3 rings (SSSR count). The molecular formula is C17H20F3N3O4S. The number of benzene rings is 1. The smallest absolute Gasteiger partial charge is 0.406 e. The van der Waals surface area contributed by atoms with E-state index in [1.165, 1.54) is 0 Å². The Kier molecular flexibility index (Phi) is 5.67. The van der Waals surface area contributed by atoms with Crippen molar-refractivity contribution in [1.82, 2.24) is 14.9 Å². The number of rotatable bonds is 5. The van der Waals surface area contributed by atoms with Crippen molar-refractivity contribution in [3.05, 3.63) is 36.0 Å². The standard InChI is InChI=1S/C17H20F3N3O4S/c1-12-21-15(22-27-12)16(10-4-2-3-5-11-16)23-28(24,25)14-8-6-13(7-9-14)26-17(18,19)20/h6-9,23H,2-5,10-11H2,1H3. The van der Waals surface area contributed by atoms with E-state index in [0.29, 0.717) is 18.7 Å². The van der Waals surface area contributed by atoms with Crippen LogP contribution in [0.25, 0.3) is 0 Å². The van der Waals surface area contributed by atoms with Crippen molar-refractivity contribution in [2.75, 3.05) is 0 Å². The number of aromatic nitrogens is 2. The SMILES string of the molecule is Cc1nc(C2(NS(=O)(=O)c3ccc(OC(F)(F)F)cc3)CCCCCC2)no1. The number of alkyl halides is 3. The second-order valence-electron chi connectivity index (χ2n) is 6.76. The number of ether oxygens (including phenoxy) is 1. The summed E-state index contributed by atoms with van der Waals surface area (Å²) in [5, 5.41) is 3.93. The van der Waals surface area contributed by atoms with E-state index >= 15 is 0 Å². The number of sulfonamides is 1. The van der Waals surface area contributed by atoms with Gasteiger partial charge < -0.3 is 9.26 Å². The van der Waals surface area contributed by atoms with Gasteiger partial charge in [-0.2, -0.15) is 9.71 Å². The summed E-state index contributed by atoms with van der Waals surface area (Å²) in [5.41, 5.74) is -1.02. The topological polar surface area (TPSA) is 94.3 Å². The molecule has 1 aromatic heterocycles. The molecule has 0 radical (unpaired) electrons. The summed E-state index contributed by atoms with van der Waals surface area (Å²) in [7, 11) is -4.04. The van der Waals surface area contributed by atoms with Crippen LogP contribution >= 0.6 is 0 Å². The van der Waals surface area contributed by atoms with Gasteiger partial charge in [-0.25, -0.2) is 8.42 Å². The average Bonchev–Trinajstić information content (AvgIpc) is 2.90. The highest BCUT2D eigenvalue weighted by molar-refractivity contribution is 7.89. The first-order valence-corrected chi connectivity index (χ1v) is 10.3. The lowest BCUT2D eigenvalue weighted by molar-refractivity contribution is -0.274. The number of nitrogens with one attached hydrogen (secondary N) is 1. The molecule has 11 heteroatoms. The molecule has 1 saturated carbocycles. The highest BCUT2D eigenvalue weighted by Gasteiger charge is 2.41. The van der Waals surface area contributed by atoms with E-state index in [4.69, 9.17) is 4.52 Å². The van der Waals surface area contributed by atoms with Gasteiger partial charge in [-0.15, -0.1) is 13.2 Å². The van der Waals surface area contributed by atoms with Gasteiger partial charge in [0.1, 0.15) is 5.75 Å². The first kappa shape index (κ1) is 20.6. The monoisotopic (exact) mass is 419 g/mol. The molecule has 0 aliphatic heterocycles. The van der Waals surface area contributed by atoms with Crippen molar-refractivity contribution in [2.24, 2.45) is 0 Å². The predicted octanol–water partition coefficient (Wildman–Crippen LogP) is 3.80. The van der Waals surface area contributed by atoms with Crippen molar-refractivity contribution in [3.63, 3.8) is 0 Å². The lowest BCUT2D eigenvalue weighted by Gasteiger charge is -2.30. The zero-order valence-electron chi connectivity index (χ0n) is 15.1. The second-order valence-corrected chi connectivity index (χ2v) is 8.44. The van der Waals surface area contributed by atoms with Crippen molar-refractivity contribution in [1.29, 1.82) is 0 Å². The molecule has 0 unspecified atom stereocenters. The van der Waals surface area contributed by atoms with Gasteiger partial charge in [-0.3, -0.25) is 0 Å². The summed E-state index contributed by atoms with van der Waals surface area (Å²) < 4.78 is 74.2. The van der Waals surface area contributed by atoms with E-state index in [2.05, 4.69) is 19.6 Å². The lowest BCUT2D eigenvalue weighted by Crippen LogP contribution is -2.46. The number of halogens is 3. The highest BCUT2D eigenvalue weighted by atomic mass is 32.2. The van der Waals surface area contributed by atoms with Crippen LogP contribution < -0.4 is 9.46 Å². The van der Waals surface area contributed by atoms with Crippen LogP contribution in [0.2, 0.25) is 0 Å². The second kappa shape index (κ2) is 7.70. The van der Waals surface area contributed by atoms with Gasteiger partial charge in [-0.05, 0) is 37.1 Å². The molecule has 1 aromatic carbocycles. The van der Waals surface area contributed by atoms with Crippen molar-refractivity contribution < 1.29 is 30.8 Å². The van der Waals surface area contributed by atoms with Crippen LogP contribution in [-0.4, -0.2) is 24.9 Å². The van der Waals surface area contributed by atoms with E-state index in [-0.39, 0.29) is 10.7 Å². The van der Waals surface area contributed by atoms with Crippen molar-refractivity contribution in [2.45, 2.75) is 62.2 Å². The summed E-state index contributed by atoms with van der Waals surface area (Å²) in [6.45, 7) is 1.62. The molecule has 0 bridgehead atoms. The van der Waals surface area contributed by atoms with Gasteiger partial charge >= 0.3 is 6.36 Å². The molecular weight excluding hydrogens is 399 g/mol. The summed E-state index contributed by atoms with van der Waals surface area (Å²) in [6, 6.07) is 4.05. The fraction of sp³-hybridized carbons (Fsp3) is 0.529. The van der Waals surface area contributed by atoms with E-state index in [9.17, 15) is 21.6 Å². The molecule has 1 N–H and O–H groups in total. The maximum absolute atomic E-state index is 12.9. The zero-order chi connectivity index (χ0) is 20.4. The number of hydrogen-bond acceptors (Lipinski definition) is 6. The van der Waals surface area contributed by atoms with Crippen LogP contribution in [0.15, 0.2) is 33.7 Å². The Balaban J connectivity index is 1.89. The van der Waals surface area contributed by atoms with Crippen LogP contribution in [0.3, 0.4) is 0 Å². The fourth-order valence-electron chi connectivity index (χ4n) is 3.33. The van der Waals surface area contributed by atoms with E-state index < -0.39 is 27.7 Å². The Bertz CT molecular complexity index is 902. The average molecular weight is 419 g/mol. The Hall–Kier alpha value is -2.14. The normalized spacial score (nSPS) is 17.9. The third-order valence-corrected chi connectivity index (χ3v) is 6.16.